The molecule has 1 aliphatic rings. The number of nitrogens with zero attached hydrogens (tertiary/aromatic N) is 2. The number of hydrogen-bond donors (Lipinski definition) is 2. The lowest BCUT2D eigenvalue weighted by atomic mass is 10.1. The standard InChI is InChI=1S/C19H22N4O4/c1-12-10-16(22-27-12)21-18(25)13(2)20-19(26)15-8-9-17(24)23(15)11-14-6-4-3-5-7-14/h3-7,10,13,15H,8-9,11H2,1-2H3,(H,20,26)(H,21,22,25). The molecular formula is C19H22N4O4. The highest BCUT2D eigenvalue weighted by molar-refractivity contribution is 5.98. The zero-order valence-corrected chi connectivity index (χ0v) is 15.3. The summed E-state index contributed by atoms with van der Waals surface area (Å²) < 4.78 is 4.89. The predicted octanol–water partition coefficient (Wildman–Crippen LogP) is 1.62. The van der Waals surface area contributed by atoms with E-state index in [9.17, 15) is 14.4 Å². The van der Waals surface area contributed by atoms with Crippen LogP contribution in [0.4, 0.5) is 5.82 Å². The third-order valence-corrected chi connectivity index (χ3v) is 4.46. The number of amides is 3. The molecule has 2 aromatic rings. The van der Waals surface area contributed by atoms with E-state index in [4.69, 9.17) is 4.52 Å². The molecule has 1 saturated heterocycles. The van der Waals surface area contributed by atoms with Crippen LogP contribution >= 0.6 is 0 Å². The fraction of sp³-hybridized carbons (Fsp3) is 0.368. The summed E-state index contributed by atoms with van der Waals surface area (Å²) in [5.41, 5.74) is 0.956. The molecule has 1 fully saturated rings. The topological polar surface area (TPSA) is 105 Å². The molecule has 1 aromatic carbocycles. The Kier molecular flexibility index (Phi) is 5.54. The number of carbonyl (C=O) groups excluding carboxylic acids is 3. The van der Waals surface area contributed by atoms with E-state index in [2.05, 4.69) is 15.8 Å². The first kappa shape index (κ1) is 18.6. The van der Waals surface area contributed by atoms with Crippen LogP contribution in [0.2, 0.25) is 0 Å². The molecule has 3 rings (SSSR count). The number of rotatable bonds is 6. The third-order valence-electron chi connectivity index (χ3n) is 4.46. The Hall–Kier alpha value is -3.16. The molecule has 0 spiro atoms. The zero-order valence-electron chi connectivity index (χ0n) is 15.3. The van der Waals surface area contributed by atoms with Gasteiger partial charge in [-0.25, -0.2) is 0 Å². The maximum Gasteiger partial charge on any atom is 0.247 e. The van der Waals surface area contributed by atoms with Crippen molar-refractivity contribution in [2.24, 2.45) is 0 Å². The average molecular weight is 370 g/mol. The Morgan fingerprint density at radius 3 is 2.74 bits per heavy atom. The molecule has 27 heavy (non-hydrogen) atoms. The Morgan fingerprint density at radius 2 is 2.07 bits per heavy atom. The van der Waals surface area contributed by atoms with Gasteiger partial charge in [-0.15, -0.1) is 0 Å². The van der Waals surface area contributed by atoms with Crippen LogP contribution in [0.5, 0.6) is 0 Å². The molecule has 2 atom stereocenters. The Bertz CT molecular complexity index is 833. The summed E-state index contributed by atoms with van der Waals surface area (Å²) in [5, 5.41) is 8.95. The van der Waals surface area contributed by atoms with Crippen LogP contribution in [0.15, 0.2) is 40.9 Å². The van der Waals surface area contributed by atoms with Gasteiger partial charge in [-0.1, -0.05) is 35.5 Å². The van der Waals surface area contributed by atoms with E-state index in [0.29, 0.717) is 31.0 Å². The second-order valence-corrected chi connectivity index (χ2v) is 6.60. The van der Waals surface area contributed by atoms with Gasteiger partial charge in [0.05, 0.1) is 0 Å². The maximum absolute atomic E-state index is 12.6. The Labute approximate surface area is 156 Å². The molecule has 0 radical (unpaired) electrons. The summed E-state index contributed by atoms with van der Waals surface area (Å²) in [6, 6.07) is 9.74. The lowest BCUT2D eigenvalue weighted by Crippen LogP contribution is -2.50. The van der Waals surface area contributed by atoms with E-state index < -0.39 is 18.0 Å². The fourth-order valence-corrected chi connectivity index (χ4v) is 3.02. The molecule has 2 heterocycles. The van der Waals surface area contributed by atoms with Gasteiger partial charge >= 0.3 is 0 Å². The first-order valence-corrected chi connectivity index (χ1v) is 8.82. The van der Waals surface area contributed by atoms with Gasteiger partial charge < -0.3 is 20.1 Å². The molecule has 0 aliphatic carbocycles. The molecule has 3 amide bonds. The Morgan fingerprint density at radius 1 is 1.33 bits per heavy atom. The number of anilines is 1. The number of benzene rings is 1. The maximum atomic E-state index is 12.6. The summed E-state index contributed by atoms with van der Waals surface area (Å²) in [6.07, 6.45) is 0.762. The summed E-state index contributed by atoms with van der Waals surface area (Å²) in [4.78, 5) is 38.6. The molecule has 1 aromatic heterocycles. The highest BCUT2D eigenvalue weighted by Crippen LogP contribution is 2.22. The lowest BCUT2D eigenvalue weighted by molar-refractivity contribution is -0.136. The van der Waals surface area contributed by atoms with Crippen LogP contribution in [0.1, 0.15) is 31.1 Å². The molecule has 0 saturated carbocycles. The second-order valence-electron chi connectivity index (χ2n) is 6.60. The van der Waals surface area contributed by atoms with E-state index >= 15 is 0 Å². The molecule has 0 bridgehead atoms. The van der Waals surface area contributed by atoms with Crippen molar-refractivity contribution in [1.82, 2.24) is 15.4 Å². The van der Waals surface area contributed by atoms with Crippen molar-refractivity contribution in [1.29, 1.82) is 0 Å². The van der Waals surface area contributed by atoms with Gasteiger partial charge in [0, 0.05) is 19.0 Å². The van der Waals surface area contributed by atoms with Crippen molar-refractivity contribution in [3.8, 4) is 0 Å². The third kappa shape index (κ3) is 4.52. The van der Waals surface area contributed by atoms with Crippen molar-refractivity contribution in [2.75, 3.05) is 5.32 Å². The largest absolute Gasteiger partial charge is 0.360 e. The van der Waals surface area contributed by atoms with E-state index in [1.807, 2.05) is 30.3 Å². The number of likely N-dealkylation sites (tertiary alicyclic amines) is 1. The SMILES string of the molecule is Cc1cc(NC(=O)C(C)NC(=O)C2CCC(=O)N2Cc2ccccc2)no1. The van der Waals surface area contributed by atoms with Crippen LogP contribution < -0.4 is 10.6 Å². The van der Waals surface area contributed by atoms with E-state index in [1.165, 1.54) is 0 Å². The van der Waals surface area contributed by atoms with E-state index in [0.717, 1.165) is 5.56 Å². The number of nitrogens with one attached hydrogen (secondary N) is 2. The predicted molar refractivity (Wildman–Crippen MR) is 97.5 cm³/mol. The molecular weight excluding hydrogens is 348 g/mol. The van der Waals surface area contributed by atoms with E-state index in [-0.39, 0.29) is 11.8 Å². The number of aryl methyl sites for hydroxylation is 1. The van der Waals surface area contributed by atoms with E-state index in [1.54, 1.807) is 24.8 Å². The first-order valence-electron chi connectivity index (χ1n) is 8.82. The molecule has 8 nitrogen and oxygen atoms in total. The van der Waals surface area contributed by atoms with Crippen LogP contribution in [-0.2, 0) is 20.9 Å². The van der Waals surface area contributed by atoms with Crippen LogP contribution in [0.3, 0.4) is 0 Å². The zero-order chi connectivity index (χ0) is 19.4. The van der Waals surface area contributed by atoms with Gasteiger partial charge in [-0.3, -0.25) is 14.4 Å². The second kappa shape index (κ2) is 8.03. The molecule has 142 valence electrons. The molecule has 2 unspecified atom stereocenters. The van der Waals surface area contributed by atoms with Gasteiger partial charge in [0.1, 0.15) is 17.8 Å². The van der Waals surface area contributed by atoms with Gasteiger partial charge in [0.15, 0.2) is 5.82 Å². The van der Waals surface area contributed by atoms with Crippen molar-refractivity contribution in [3.63, 3.8) is 0 Å². The van der Waals surface area contributed by atoms with Crippen molar-refractivity contribution >= 4 is 23.5 Å². The molecule has 2 N–H and O–H groups in total. The Balaban J connectivity index is 1.60. The van der Waals surface area contributed by atoms with Gasteiger partial charge in [-0.05, 0) is 25.8 Å². The normalized spacial score (nSPS) is 17.6. The molecule has 1 aliphatic heterocycles. The average Bonchev–Trinajstić information content (AvgIpc) is 3.21. The minimum Gasteiger partial charge on any atom is -0.360 e. The van der Waals surface area contributed by atoms with Crippen molar-refractivity contribution in [3.05, 3.63) is 47.7 Å². The highest BCUT2D eigenvalue weighted by Gasteiger charge is 2.36. The van der Waals surface area contributed by atoms with Crippen LogP contribution in [0, 0.1) is 6.92 Å². The number of hydrogen-bond acceptors (Lipinski definition) is 5. The minimum atomic E-state index is -0.774. The summed E-state index contributed by atoms with van der Waals surface area (Å²) >= 11 is 0. The highest BCUT2D eigenvalue weighted by atomic mass is 16.5. The van der Waals surface area contributed by atoms with Crippen molar-refractivity contribution in [2.45, 2.75) is 45.3 Å². The summed E-state index contributed by atoms with van der Waals surface area (Å²) in [5.74, 6) is 0.0592. The quantitative estimate of drug-likeness (QED) is 0.804. The fourth-order valence-electron chi connectivity index (χ4n) is 3.02. The van der Waals surface area contributed by atoms with Crippen LogP contribution in [-0.4, -0.2) is 39.9 Å². The summed E-state index contributed by atoms with van der Waals surface area (Å²) in [6.45, 7) is 3.67. The first-order chi connectivity index (χ1) is 12.9. The number of carbonyl (C=O) groups is 3. The molecule has 8 heteroatoms. The van der Waals surface area contributed by atoms with Gasteiger partial charge in [0.25, 0.3) is 0 Å². The van der Waals surface area contributed by atoms with Crippen molar-refractivity contribution < 1.29 is 18.9 Å². The monoisotopic (exact) mass is 370 g/mol. The summed E-state index contributed by atoms with van der Waals surface area (Å²) in [7, 11) is 0. The van der Waals surface area contributed by atoms with Gasteiger partial charge in [0.2, 0.25) is 17.7 Å². The van der Waals surface area contributed by atoms with Crippen LogP contribution in [0.25, 0.3) is 0 Å². The smallest absolute Gasteiger partial charge is 0.247 e. The minimum absolute atomic E-state index is 0.0609. The lowest BCUT2D eigenvalue weighted by Gasteiger charge is -2.25. The number of aromatic nitrogens is 1. The van der Waals surface area contributed by atoms with Gasteiger partial charge in [-0.2, -0.15) is 0 Å².